The van der Waals surface area contributed by atoms with E-state index in [9.17, 15) is 9.90 Å². The smallest absolute Gasteiger partial charge is 0.338 e. The zero-order valence-corrected chi connectivity index (χ0v) is 10.4. The molecule has 1 saturated heterocycles. The maximum atomic E-state index is 11.6. The maximum Gasteiger partial charge on any atom is 0.338 e. The number of hydrogen-bond donors (Lipinski definition) is 2. The monoisotopic (exact) mass is 250 g/mol. The van der Waals surface area contributed by atoms with Gasteiger partial charge >= 0.3 is 5.97 Å². The highest BCUT2D eigenvalue weighted by Crippen LogP contribution is 2.27. The number of esters is 1. The second-order valence-corrected chi connectivity index (χ2v) is 4.38. The average molecular weight is 250 g/mol. The third kappa shape index (κ3) is 2.56. The van der Waals surface area contributed by atoms with E-state index in [0.717, 1.165) is 18.7 Å². The molecule has 1 aliphatic rings. The van der Waals surface area contributed by atoms with Gasteiger partial charge in [-0.1, -0.05) is 0 Å². The third-order valence-corrected chi connectivity index (χ3v) is 3.04. The molecule has 1 fully saturated rings. The summed E-state index contributed by atoms with van der Waals surface area (Å²) in [6, 6.07) is 5.13. The molecule has 0 unspecified atom stereocenters. The van der Waals surface area contributed by atoms with Crippen molar-refractivity contribution in [3.63, 3.8) is 0 Å². The molecule has 18 heavy (non-hydrogen) atoms. The van der Waals surface area contributed by atoms with Gasteiger partial charge in [-0.3, -0.25) is 0 Å². The van der Waals surface area contributed by atoms with E-state index in [0.29, 0.717) is 24.4 Å². The molecule has 0 amide bonds. The lowest BCUT2D eigenvalue weighted by molar-refractivity contribution is 0.0526. The molecule has 1 aliphatic heterocycles. The van der Waals surface area contributed by atoms with Crippen LogP contribution in [0, 0.1) is 0 Å². The summed E-state index contributed by atoms with van der Waals surface area (Å²) in [4.78, 5) is 13.6. The number of β-amino-alcohol motifs (C(OH)–C–C–N with tert-alkyl or cyclic N) is 1. The quantitative estimate of drug-likeness (QED) is 0.618. The summed E-state index contributed by atoms with van der Waals surface area (Å²) in [5, 5.41) is 9.51. The molecule has 5 heteroatoms. The second kappa shape index (κ2) is 5.27. The van der Waals surface area contributed by atoms with E-state index in [4.69, 9.17) is 10.5 Å². The molecule has 1 aromatic carbocycles. The van der Waals surface area contributed by atoms with E-state index in [-0.39, 0.29) is 12.1 Å². The van der Waals surface area contributed by atoms with Crippen molar-refractivity contribution >= 4 is 17.3 Å². The van der Waals surface area contributed by atoms with E-state index >= 15 is 0 Å². The van der Waals surface area contributed by atoms with Crippen LogP contribution in [0.4, 0.5) is 11.4 Å². The Hall–Kier alpha value is -1.75. The van der Waals surface area contributed by atoms with Crippen LogP contribution in [0.1, 0.15) is 23.7 Å². The Kier molecular flexibility index (Phi) is 3.72. The van der Waals surface area contributed by atoms with Crippen LogP contribution in [0.2, 0.25) is 0 Å². The normalized spacial score (nSPS) is 19.0. The Morgan fingerprint density at radius 1 is 1.61 bits per heavy atom. The number of carbonyl (C=O) groups excluding carboxylic acids is 1. The lowest BCUT2D eigenvalue weighted by atomic mass is 10.1. The molecule has 98 valence electrons. The predicted molar refractivity (Wildman–Crippen MR) is 69.6 cm³/mol. The summed E-state index contributed by atoms with van der Waals surface area (Å²) in [7, 11) is 0. The molecule has 0 bridgehead atoms. The number of nitrogens with two attached hydrogens (primary N) is 1. The molecule has 0 aromatic heterocycles. The van der Waals surface area contributed by atoms with Crippen molar-refractivity contribution in [3.05, 3.63) is 23.8 Å². The van der Waals surface area contributed by atoms with Crippen molar-refractivity contribution < 1.29 is 14.6 Å². The Morgan fingerprint density at radius 3 is 2.94 bits per heavy atom. The van der Waals surface area contributed by atoms with Crippen molar-refractivity contribution in [1.29, 1.82) is 0 Å². The zero-order chi connectivity index (χ0) is 13.1. The number of nitrogen functional groups attached to an aromatic ring is 1. The van der Waals surface area contributed by atoms with Crippen molar-refractivity contribution in [2.24, 2.45) is 0 Å². The van der Waals surface area contributed by atoms with Gasteiger partial charge in [0.05, 0.1) is 29.6 Å². The van der Waals surface area contributed by atoms with Crippen LogP contribution in [0.3, 0.4) is 0 Å². The van der Waals surface area contributed by atoms with Crippen molar-refractivity contribution in [3.8, 4) is 0 Å². The fourth-order valence-electron chi connectivity index (χ4n) is 2.14. The summed E-state index contributed by atoms with van der Waals surface area (Å²) in [6.45, 7) is 3.48. The molecule has 0 saturated carbocycles. The van der Waals surface area contributed by atoms with Gasteiger partial charge in [0.2, 0.25) is 0 Å². The van der Waals surface area contributed by atoms with Crippen molar-refractivity contribution in [1.82, 2.24) is 0 Å². The van der Waals surface area contributed by atoms with Gasteiger partial charge in [0.1, 0.15) is 0 Å². The molecule has 3 N–H and O–H groups in total. The van der Waals surface area contributed by atoms with Crippen molar-refractivity contribution in [2.75, 3.05) is 30.3 Å². The number of benzene rings is 1. The summed E-state index contributed by atoms with van der Waals surface area (Å²) in [6.07, 6.45) is 0.452. The fourth-order valence-corrected chi connectivity index (χ4v) is 2.14. The molecule has 0 aliphatic carbocycles. The zero-order valence-electron chi connectivity index (χ0n) is 10.4. The van der Waals surface area contributed by atoms with E-state index < -0.39 is 0 Å². The summed E-state index contributed by atoms with van der Waals surface area (Å²) in [5.74, 6) is -0.364. The average Bonchev–Trinajstić information content (AvgIpc) is 2.76. The van der Waals surface area contributed by atoms with Gasteiger partial charge in [0.25, 0.3) is 0 Å². The molecule has 2 rings (SSSR count). The van der Waals surface area contributed by atoms with Crippen LogP contribution >= 0.6 is 0 Å². The first-order valence-electron chi connectivity index (χ1n) is 6.11. The van der Waals surface area contributed by atoms with Crippen molar-refractivity contribution in [2.45, 2.75) is 19.4 Å². The van der Waals surface area contributed by atoms with Crippen LogP contribution in [-0.2, 0) is 4.74 Å². The standard InChI is InChI=1S/C13H18N2O3/c1-2-18-13(17)9-3-4-12(11(14)7-9)15-6-5-10(16)8-15/h3-4,7,10,16H,2,5-6,8,14H2,1H3/t10-/m1/s1. The summed E-state index contributed by atoms with van der Waals surface area (Å²) >= 11 is 0. The number of carbonyl (C=O) groups is 1. The molecule has 1 atom stereocenters. The number of hydrogen-bond acceptors (Lipinski definition) is 5. The van der Waals surface area contributed by atoms with Crippen LogP contribution in [-0.4, -0.2) is 36.9 Å². The number of anilines is 2. The lowest BCUT2D eigenvalue weighted by Gasteiger charge is -2.20. The highest BCUT2D eigenvalue weighted by molar-refractivity contribution is 5.92. The predicted octanol–water partition coefficient (Wildman–Crippen LogP) is 1.02. The third-order valence-electron chi connectivity index (χ3n) is 3.04. The Morgan fingerprint density at radius 2 is 2.39 bits per heavy atom. The van der Waals surface area contributed by atoms with Gasteiger partial charge in [-0.05, 0) is 31.5 Å². The number of nitrogens with zero attached hydrogens (tertiary/aromatic N) is 1. The molecule has 5 nitrogen and oxygen atoms in total. The molecular weight excluding hydrogens is 232 g/mol. The number of aliphatic hydroxyl groups is 1. The van der Waals surface area contributed by atoms with Crippen LogP contribution in [0.5, 0.6) is 0 Å². The first-order valence-corrected chi connectivity index (χ1v) is 6.11. The number of rotatable bonds is 3. The largest absolute Gasteiger partial charge is 0.462 e. The van der Waals surface area contributed by atoms with Crippen LogP contribution < -0.4 is 10.6 Å². The first-order chi connectivity index (χ1) is 8.61. The molecule has 1 aromatic rings. The Bertz CT molecular complexity index is 448. The highest BCUT2D eigenvalue weighted by atomic mass is 16.5. The topological polar surface area (TPSA) is 75.8 Å². The molecular formula is C13H18N2O3. The SMILES string of the molecule is CCOC(=O)c1ccc(N2CC[C@@H](O)C2)c(N)c1. The van der Waals surface area contributed by atoms with E-state index in [1.807, 2.05) is 4.90 Å². The first kappa shape index (κ1) is 12.7. The van der Waals surface area contributed by atoms with Crippen LogP contribution in [0.25, 0.3) is 0 Å². The van der Waals surface area contributed by atoms with Gasteiger partial charge < -0.3 is 20.5 Å². The summed E-state index contributed by atoms with van der Waals surface area (Å²) < 4.78 is 4.92. The lowest BCUT2D eigenvalue weighted by Crippen LogP contribution is -2.22. The van der Waals surface area contributed by atoms with Gasteiger partial charge in [-0.25, -0.2) is 4.79 Å². The van der Waals surface area contributed by atoms with Crippen LogP contribution in [0.15, 0.2) is 18.2 Å². The molecule has 0 radical (unpaired) electrons. The van der Waals surface area contributed by atoms with Gasteiger partial charge in [0, 0.05) is 13.1 Å². The minimum Gasteiger partial charge on any atom is -0.462 e. The summed E-state index contributed by atoms with van der Waals surface area (Å²) in [5.41, 5.74) is 7.80. The van der Waals surface area contributed by atoms with E-state index in [2.05, 4.69) is 0 Å². The second-order valence-electron chi connectivity index (χ2n) is 4.38. The van der Waals surface area contributed by atoms with E-state index in [1.54, 1.807) is 25.1 Å². The minimum absolute atomic E-state index is 0.297. The molecule has 0 spiro atoms. The fraction of sp³-hybridized carbons (Fsp3) is 0.462. The highest BCUT2D eigenvalue weighted by Gasteiger charge is 2.22. The Balaban J connectivity index is 2.17. The van der Waals surface area contributed by atoms with Gasteiger partial charge in [-0.2, -0.15) is 0 Å². The number of ether oxygens (including phenoxy) is 1. The Labute approximate surface area is 106 Å². The van der Waals surface area contributed by atoms with Gasteiger partial charge in [-0.15, -0.1) is 0 Å². The van der Waals surface area contributed by atoms with Gasteiger partial charge in [0.15, 0.2) is 0 Å². The maximum absolute atomic E-state index is 11.6. The number of aliphatic hydroxyl groups excluding tert-OH is 1. The molecule has 1 heterocycles. The van der Waals surface area contributed by atoms with E-state index in [1.165, 1.54) is 0 Å². The minimum atomic E-state index is -0.364.